The molecule has 2 rings (SSSR count). The van der Waals surface area contributed by atoms with E-state index in [9.17, 15) is 14.7 Å². The summed E-state index contributed by atoms with van der Waals surface area (Å²) in [6.45, 7) is 4.61. The van der Waals surface area contributed by atoms with E-state index in [0.717, 1.165) is 12.0 Å². The Kier molecular flexibility index (Phi) is 5.42. The lowest BCUT2D eigenvalue weighted by atomic mass is 9.66. The Morgan fingerprint density at radius 2 is 1.91 bits per heavy atom. The van der Waals surface area contributed by atoms with Crippen molar-refractivity contribution >= 4 is 11.9 Å². The lowest BCUT2D eigenvalue weighted by Crippen LogP contribution is -2.50. The van der Waals surface area contributed by atoms with Gasteiger partial charge in [-0.2, -0.15) is 0 Å². The fourth-order valence-electron chi connectivity index (χ4n) is 2.83. The zero-order valence-corrected chi connectivity index (χ0v) is 13.8. The minimum Gasteiger partial charge on any atom is -0.481 e. The highest BCUT2D eigenvalue weighted by atomic mass is 16.5. The monoisotopic (exact) mass is 319 g/mol. The van der Waals surface area contributed by atoms with E-state index in [0.29, 0.717) is 26.1 Å². The van der Waals surface area contributed by atoms with Gasteiger partial charge in [-0.25, -0.2) is 0 Å². The molecule has 0 bridgehead atoms. The van der Waals surface area contributed by atoms with Crippen molar-refractivity contribution in [1.29, 1.82) is 0 Å². The quantitative estimate of drug-likeness (QED) is 0.772. The number of rotatable bonds is 8. The second-order valence-electron chi connectivity index (χ2n) is 7.03. The lowest BCUT2D eigenvalue weighted by molar-refractivity contribution is -0.158. The molecule has 1 saturated carbocycles. The molecular formula is C18H25NO4. The van der Waals surface area contributed by atoms with E-state index < -0.39 is 16.9 Å². The summed E-state index contributed by atoms with van der Waals surface area (Å²) in [6.07, 6.45) is 2.09. The fourth-order valence-corrected chi connectivity index (χ4v) is 2.83. The van der Waals surface area contributed by atoms with Crippen LogP contribution in [0.2, 0.25) is 0 Å². The molecule has 0 radical (unpaired) electrons. The maximum atomic E-state index is 12.2. The van der Waals surface area contributed by atoms with E-state index in [-0.39, 0.29) is 12.3 Å². The molecule has 0 atom stereocenters. The van der Waals surface area contributed by atoms with Gasteiger partial charge in [0.25, 0.3) is 0 Å². The van der Waals surface area contributed by atoms with Crippen molar-refractivity contribution in [3.8, 4) is 0 Å². The number of nitrogens with one attached hydrogen (secondary N) is 1. The third kappa shape index (κ3) is 4.79. The van der Waals surface area contributed by atoms with Crippen molar-refractivity contribution in [3.05, 3.63) is 35.9 Å². The van der Waals surface area contributed by atoms with Crippen LogP contribution in [0.25, 0.3) is 0 Å². The Morgan fingerprint density at radius 3 is 2.43 bits per heavy atom. The molecular weight excluding hydrogens is 294 g/mol. The van der Waals surface area contributed by atoms with Crippen LogP contribution in [0.4, 0.5) is 0 Å². The molecule has 1 amide bonds. The molecule has 0 heterocycles. The number of carbonyl (C=O) groups excluding carboxylic acids is 1. The minimum atomic E-state index is -0.864. The van der Waals surface area contributed by atoms with Crippen LogP contribution >= 0.6 is 0 Å². The standard InChI is InChI=1S/C18H25NO4/c1-17(2,13-23-12-14-7-4-3-5-8-14)19-15(20)11-18(16(21)22)9-6-10-18/h3-5,7-8H,6,9-13H2,1-2H3,(H,19,20)(H,21,22). The van der Waals surface area contributed by atoms with E-state index in [2.05, 4.69) is 5.32 Å². The number of amides is 1. The van der Waals surface area contributed by atoms with Crippen LogP contribution in [-0.4, -0.2) is 29.1 Å². The normalized spacial score (nSPS) is 16.4. The summed E-state index contributed by atoms with van der Waals surface area (Å²) in [4.78, 5) is 23.5. The van der Waals surface area contributed by atoms with Gasteiger partial charge >= 0.3 is 5.97 Å². The molecule has 1 aromatic carbocycles. The average Bonchev–Trinajstić information content (AvgIpc) is 2.43. The van der Waals surface area contributed by atoms with Gasteiger partial charge in [-0.05, 0) is 32.3 Å². The maximum Gasteiger partial charge on any atom is 0.310 e. The number of carbonyl (C=O) groups is 2. The predicted octanol–water partition coefficient (Wildman–Crippen LogP) is 2.74. The van der Waals surface area contributed by atoms with E-state index >= 15 is 0 Å². The van der Waals surface area contributed by atoms with Crippen LogP contribution < -0.4 is 5.32 Å². The number of hydrogen-bond donors (Lipinski definition) is 2. The van der Waals surface area contributed by atoms with Gasteiger partial charge < -0.3 is 15.2 Å². The van der Waals surface area contributed by atoms with Gasteiger partial charge in [0.15, 0.2) is 0 Å². The van der Waals surface area contributed by atoms with Crippen molar-refractivity contribution in [2.45, 2.75) is 51.7 Å². The molecule has 1 aliphatic carbocycles. The Hall–Kier alpha value is -1.88. The Labute approximate surface area is 137 Å². The summed E-state index contributed by atoms with van der Waals surface area (Å²) < 4.78 is 5.67. The highest BCUT2D eigenvalue weighted by Gasteiger charge is 2.46. The molecule has 0 saturated heterocycles. The van der Waals surface area contributed by atoms with Crippen LogP contribution in [0.15, 0.2) is 30.3 Å². The third-order valence-electron chi connectivity index (χ3n) is 4.32. The van der Waals surface area contributed by atoms with E-state index in [1.54, 1.807) is 0 Å². The summed E-state index contributed by atoms with van der Waals surface area (Å²) in [5.74, 6) is -1.09. The first-order chi connectivity index (χ1) is 10.8. The zero-order chi connectivity index (χ0) is 16.9. The molecule has 1 aromatic rings. The van der Waals surface area contributed by atoms with Crippen LogP contribution in [0.1, 0.15) is 45.1 Å². The molecule has 5 nitrogen and oxygen atoms in total. The first-order valence-electron chi connectivity index (χ1n) is 7.99. The van der Waals surface area contributed by atoms with Crippen molar-refractivity contribution in [2.75, 3.05) is 6.61 Å². The van der Waals surface area contributed by atoms with Gasteiger partial charge in [-0.1, -0.05) is 36.8 Å². The van der Waals surface area contributed by atoms with Crippen molar-refractivity contribution in [3.63, 3.8) is 0 Å². The van der Waals surface area contributed by atoms with Crippen LogP contribution in [-0.2, 0) is 20.9 Å². The molecule has 0 aromatic heterocycles. The Morgan fingerprint density at radius 1 is 1.26 bits per heavy atom. The molecule has 2 N–H and O–H groups in total. The fraction of sp³-hybridized carbons (Fsp3) is 0.556. The second kappa shape index (κ2) is 7.13. The number of carboxylic acids is 1. The van der Waals surface area contributed by atoms with Crippen LogP contribution in [0, 0.1) is 5.41 Å². The largest absolute Gasteiger partial charge is 0.481 e. The first kappa shape index (κ1) is 17.5. The SMILES string of the molecule is CC(C)(COCc1ccccc1)NC(=O)CC1(C(=O)O)CCC1. The Bertz CT molecular complexity index is 549. The second-order valence-corrected chi connectivity index (χ2v) is 7.03. The third-order valence-corrected chi connectivity index (χ3v) is 4.32. The van der Waals surface area contributed by atoms with Gasteiger partial charge in [-0.3, -0.25) is 9.59 Å². The molecule has 23 heavy (non-hydrogen) atoms. The number of hydrogen-bond acceptors (Lipinski definition) is 3. The van der Waals surface area contributed by atoms with Gasteiger partial charge in [0.05, 0.1) is 24.2 Å². The zero-order valence-electron chi connectivity index (χ0n) is 13.8. The van der Waals surface area contributed by atoms with Crippen molar-refractivity contribution in [2.24, 2.45) is 5.41 Å². The van der Waals surface area contributed by atoms with Crippen LogP contribution in [0.3, 0.4) is 0 Å². The van der Waals surface area contributed by atoms with Gasteiger partial charge in [-0.15, -0.1) is 0 Å². The van der Waals surface area contributed by atoms with Gasteiger partial charge in [0.1, 0.15) is 0 Å². The Balaban J connectivity index is 1.78. The maximum absolute atomic E-state index is 12.2. The average molecular weight is 319 g/mol. The number of ether oxygens (including phenoxy) is 1. The minimum absolute atomic E-state index is 0.0461. The summed E-state index contributed by atoms with van der Waals surface area (Å²) in [5.41, 5.74) is -0.311. The number of aliphatic carboxylic acids is 1. The molecule has 0 spiro atoms. The van der Waals surface area contributed by atoms with Gasteiger partial charge in [0.2, 0.25) is 5.91 Å². The lowest BCUT2D eigenvalue weighted by Gasteiger charge is -2.38. The number of benzene rings is 1. The highest BCUT2D eigenvalue weighted by molar-refractivity contribution is 5.86. The molecule has 1 aliphatic rings. The predicted molar refractivity (Wildman–Crippen MR) is 86.9 cm³/mol. The summed E-state index contributed by atoms with van der Waals surface area (Å²) in [7, 11) is 0. The van der Waals surface area contributed by atoms with Crippen molar-refractivity contribution < 1.29 is 19.4 Å². The van der Waals surface area contributed by atoms with E-state index in [1.807, 2.05) is 44.2 Å². The molecule has 1 fully saturated rings. The van der Waals surface area contributed by atoms with E-state index in [4.69, 9.17) is 4.74 Å². The molecule has 0 aliphatic heterocycles. The van der Waals surface area contributed by atoms with Gasteiger partial charge in [0, 0.05) is 6.42 Å². The smallest absolute Gasteiger partial charge is 0.310 e. The number of carboxylic acid groups (broad SMARTS) is 1. The molecule has 0 unspecified atom stereocenters. The van der Waals surface area contributed by atoms with Crippen LogP contribution in [0.5, 0.6) is 0 Å². The summed E-state index contributed by atoms with van der Waals surface area (Å²) in [6, 6.07) is 9.83. The first-order valence-corrected chi connectivity index (χ1v) is 7.99. The molecule has 126 valence electrons. The molecule has 5 heteroatoms. The van der Waals surface area contributed by atoms with Crippen molar-refractivity contribution in [1.82, 2.24) is 5.32 Å². The summed E-state index contributed by atoms with van der Waals surface area (Å²) >= 11 is 0. The summed E-state index contributed by atoms with van der Waals surface area (Å²) in [5, 5.41) is 12.2. The van der Waals surface area contributed by atoms with E-state index in [1.165, 1.54) is 0 Å². The highest BCUT2D eigenvalue weighted by Crippen LogP contribution is 2.44. The topological polar surface area (TPSA) is 75.6 Å².